The quantitative estimate of drug-likeness (QED) is 0.445. The summed E-state index contributed by atoms with van der Waals surface area (Å²) in [4.78, 5) is 12.4. The summed E-state index contributed by atoms with van der Waals surface area (Å²) in [7, 11) is 0. The Hall–Kier alpha value is -2.45. The molecule has 0 bridgehead atoms. The molecule has 1 N–H and O–H groups in total. The van der Waals surface area contributed by atoms with Crippen molar-refractivity contribution in [1.82, 2.24) is 19.7 Å². The van der Waals surface area contributed by atoms with E-state index in [9.17, 15) is 8.78 Å². The van der Waals surface area contributed by atoms with E-state index in [4.69, 9.17) is 5.26 Å². The molecule has 1 aromatic carbocycles. The summed E-state index contributed by atoms with van der Waals surface area (Å²) in [5.74, 6) is -0.972. The van der Waals surface area contributed by atoms with Gasteiger partial charge >= 0.3 is 0 Å². The Morgan fingerprint density at radius 1 is 1.18 bits per heavy atom. The lowest BCUT2D eigenvalue weighted by molar-refractivity contribution is -0.242. The number of hydrogen-bond acceptors (Lipinski definition) is 5. The molecular formula is C14H12F2N4O2. The fourth-order valence-electron chi connectivity index (χ4n) is 2.12. The zero-order chi connectivity index (χ0) is 15.5. The zero-order valence-electron chi connectivity index (χ0n) is 11.4. The first-order valence-electron chi connectivity index (χ1n) is 6.61. The minimum absolute atomic E-state index is 0.155. The van der Waals surface area contributed by atoms with E-state index >= 15 is 0 Å². The molecule has 0 aliphatic carbocycles. The second kappa shape index (κ2) is 6.12. The van der Waals surface area contributed by atoms with Crippen molar-refractivity contribution in [3.8, 4) is 5.69 Å². The highest BCUT2D eigenvalue weighted by Gasteiger charge is 2.15. The number of para-hydroxylation sites is 1. The van der Waals surface area contributed by atoms with Crippen LogP contribution in [0, 0.1) is 11.6 Å². The number of halogens is 2. The summed E-state index contributed by atoms with van der Waals surface area (Å²) in [6.07, 6.45) is 3.97. The van der Waals surface area contributed by atoms with Gasteiger partial charge in [-0.05, 0) is 18.6 Å². The van der Waals surface area contributed by atoms with Gasteiger partial charge in [0.2, 0.25) is 0 Å². The summed E-state index contributed by atoms with van der Waals surface area (Å²) in [5.41, 5.74) is 0.0414. The molecule has 2 heterocycles. The van der Waals surface area contributed by atoms with Crippen molar-refractivity contribution in [2.75, 3.05) is 6.61 Å². The molecule has 0 aliphatic rings. The third kappa shape index (κ3) is 2.66. The van der Waals surface area contributed by atoms with Crippen LogP contribution in [0.5, 0.6) is 0 Å². The van der Waals surface area contributed by atoms with E-state index in [0.717, 1.165) is 16.8 Å². The van der Waals surface area contributed by atoms with Gasteiger partial charge in [-0.15, -0.1) is 0 Å². The molecule has 22 heavy (non-hydrogen) atoms. The summed E-state index contributed by atoms with van der Waals surface area (Å²) < 4.78 is 28.9. The SMILES string of the molecule is OOCCCc1ncc2cnn(-c3c(F)cccc3F)c2n1. The van der Waals surface area contributed by atoms with Gasteiger partial charge in [0.25, 0.3) is 0 Å². The van der Waals surface area contributed by atoms with Crippen molar-refractivity contribution in [3.05, 3.63) is 48.1 Å². The van der Waals surface area contributed by atoms with Gasteiger partial charge < -0.3 is 0 Å². The first-order chi connectivity index (χ1) is 10.7. The number of rotatable bonds is 5. The molecule has 0 atom stereocenters. The predicted octanol–water partition coefficient (Wildman–Crippen LogP) is 2.52. The van der Waals surface area contributed by atoms with E-state index in [1.54, 1.807) is 6.20 Å². The Bertz CT molecular complexity index is 786. The second-order valence-electron chi connectivity index (χ2n) is 4.63. The van der Waals surface area contributed by atoms with E-state index in [2.05, 4.69) is 20.0 Å². The number of hydrogen-bond donors (Lipinski definition) is 1. The largest absolute Gasteiger partial charge is 0.252 e. The molecule has 0 unspecified atom stereocenters. The molecule has 3 aromatic rings. The maximum Gasteiger partial charge on any atom is 0.166 e. The summed E-state index contributed by atoms with van der Waals surface area (Å²) in [6.45, 7) is 0.155. The fraction of sp³-hybridized carbons (Fsp3) is 0.214. The number of nitrogens with zero attached hydrogens (tertiary/aromatic N) is 4. The third-order valence-corrected chi connectivity index (χ3v) is 3.14. The lowest BCUT2D eigenvalue weighted by atomic mass is 10.3. The Balaban J connectivity index is 2.05. The van der Waals surface area contributed by atoms with Crippen molar-refractivity contribution in [2.45, 2.75) is 12.8 Å². The molecule has 0 amide bonds. The van der Waals surface area contributed by atoms with Crippen LogP contribution in [0.1, 0.15) is 12.2 Å². The summed E-state index contributed by atoms with van der Waals surface area (Å²) in [5, 5.41) is 12.9. The summed E-state index contributed by atoms with van der Waals surface area (Å²) in [6, 6.07) is 3.61. The van der Waals surface area contributed by atoms with E-state index in [0.29, 0.717) is 29.7 Å². The highest BCUT2D eigenvalue weighted by molar-refractivity contribution is 5.75. The lowest BCUT2D eigenvalue weighted by Gasteiger charge is -2.06. The molecule has 3 rings (SSSR count). The minimum Gasteiger partial charge on any atom is -0.252 e. The van der Waals surface area contributed by atoms with Crippen LogP contribution >= 0.6 is 0 Å². The molecule has 0 aliphatic heterocycles. The van der Waals surface area contributed by atoms with Crippen LogP contribution in [0.2, 0.25) is 0 Å². The number of aromatic nitrogens is 4. The van der Waals surface area contributed by atoms with Crippen molar-refractivity contribution >= 4 is 11.0 Å². The first kappa shape index (κ1) is 14.5. The van der Waals surface area contributed by atoms with Crippen molar-refractivity contribution in [2.24, 2.45) is 0 Å². The maximum atomic E-state index is 13.9. The van der Waals surface area contributed by atoms with Crippen molar-refractivity contribution in [3.63, 3.8) is 0 Å². The van der Waals surface area contributed by atoms with Gasteiger partial charge in [-0.1, -0.05) is 6.07 Å². The van der Waals surface area contributed by atoms with Gasteiger partial charge in [0.15, 0.2) is 17.3 Å². The topological polar surface area (TPSA) is 73.1 Å². The molecule has 114 valence electrons. The van der Waals surface area contributed by atoms with Crippen LogP contribution in [-0.2, 0) is 11.3 Å². The monoisotopic (exact) mass is 306 g/mol. The van der Waals surface area contributed by atoms with Gasteiger partial charge in [-0.2, -0.15) is 5.10 Å². The molecule has 0 fully saturated rings. The molecule has 8 heteroatoms. The Kier molecular flexibility index (Phi) is 4.03. The number of fused-ring (bicyclic) bond motifs is 1. The van der Waals surface area contributed by atoms with E-state index in [1.165, 1.54) is 12.3 Å². The van der Waals surface area contributed by atoms with Crippen LogP contribution in [0.15, 0.2) is 30.6 Å². The molecule has 0 saturated heterocycles. The van der Waals surface area contributed by atoms with E-state index in [1.807, 2.05) is 0 Å². The Morgan fingerprint density at radius 3 is 2.68 bits per heavy atom. The lowest BCUT2D eigenvalue weighted by Crippen LogP contribution is -2.06. The smallest absolute Gasteiger partial charge is 0.166 e. The van der Waals surface area contributed by atoms with Gasteiger partial charge in [0.1, 0.15) is 11.5 Å². The van der Waals surface area contributed by atoms with Gasteiger partial charge in [-0.25, -0.2) is 28.3 Å². The Morgan fingerprint density at radius 2 is 1.95 bits per heavy atom. The molecule has 2 aromatic heterocycles. The van der Waals surface area contributed by atoms with Crippen LogP contribution in [0.3, 0.4) is 0 Å². The van der Waals surface area contributed by atoms with Crippen molar-refractivity contribution < 1.29 is 18.9 Å². The molecular weight excluding hydrogens is 294 g/mol. The Labute approximate surface area is 123 Å². The normalized spacial score (nSPS) is 11.2. The fourth-order valence-corrected chi connectivity index (χ4v) is 2.12. The first-order valence-corrected chi connectivity index (χ1v) is 6.61. The maximum absolute atomic E-state index is 13.9. The van der Waals surface area contributed by atoms with Crippen LogP contribution < -0.4 is 0 Å². The summed E-state index contributed by atoms with van der Waals surface area (Å²) >= 11 is 0. The average Bonchev–Trinajstić information content (AvgIpc) is 2.91. The van der Waals surface area contributed by atoms with Crippen LogP contribution in [0.4, 0.5) is 8.78 Å². The van der Waals surface area contributed by atoms with Crippen LogP contribution in [-0.4, -0.2) is 31.6 Å². The third-order valence-electron chi connectivity index (χ3n) is 3.14. The van der Waals surface area contributed by atoms with Gasteiger partial charge in [0.05, 0.1) is 18.2 Å². The molecule has 6 nitrogen and oxygen atoms in total. The minimum atomic E-state index is -0.723. The number of benzene rings is 1. The van der Waals surface area contributed by atoms with E-state index < -0.39 is 11.6 Å². The van der Waals surface area contributed by atoms with E-state index in [-0.39, 0.29) is 12.3 Å². The van der Waals surface area contributed by atoms with Crippen LogP contribution in [0.25, 0.3) is 16.7 Å². The zero-order valence-corrected chi connectivity index (χ0v) is 11.4. The highest BCUT2D eigenvalue weighted by atomic mass is 19.1. The van der Waals surface area contributed by atoms with Gasteiger partial charge in [0, 0.05) is 12.6 Å². The average molecular weight is 306 g/mol. The van der Waals surface area contributed by atoms with Gasteiger partial charge in [-0.3, -0.25) is 5.26 Å². The second-order valence-corrected chi connectivity index (χ2v) is 4.63. The molecule has 0 saturated carbocycles. The highest BCUT2D eigenvalue weighted by Crippen LogP contribution is 2.21. The molecule has 0 radical (unpaired) electrons. The van der Waals surface area contributed by atoms with Crippen molar-refractivity contribution in [1.29, 1.82) is 0 Å². The standard InChI is InChI=1S/C14H12F2N4O2/c15-10-3-1-4-11(16)13(10)20-14-9(8-18-20)7-17-12(19-14)5-2-6-22-21/h1,3-4,7-8,21H,2,5-6H2. The number of aryl methyl sites for hydroxylation is 1. The predicted molar refractivity (Wildman–Crippen MR) is 73.5 cm³/mol. The molecule has 0 spiro atoms.